The molecule has 0 atom stereocenters. The lowest BCUT2D eigenvalue weighted by Crippen LogP contribution is -2.15. The number of aromatic nitrogens is 1. The van der Waals surface area contributed by atoms with Crippen LogP contribution in [0.4, 0.5) is 5.69 Å². The first kappa shape index (κ1) is 10.7. The summed E-state index contributed by atoms with van der Waals surface area (Å²) < 4.78 is 0. The molecule has 1 N–H and O–H groups in total. The number of rotatable bonds is 5. The number of nitrogens with one attached hydrogen (secondary N) is 1. The monoisotopic (exact) mass is 224 g/mol. The van der Waals surface area contributed by atoms with E-state index in [9.17, 15) is 0 Å². The van der Waals surface area contributed by atoms with Gasteiger partial charge in [-0.05, 0) is 30.7 Å². The van der Waals surface area contributed by atoms with E-state index in [1.165, 1.54) is 25.7 Å². The molecular formula is C12H17ClN2. The summed E-state index contributed by atoms with van der Waals surface area (Å²) in [5.74, 6) is 0. The molecule has 0 unspecified atom stereocenters. The topological polar surface area (TPSA) is 24.9 Å². The van der Waals surface area contributed by atoms with Crippen LogP contribution in [0.1, 0.15) is 32.6 Å². The molecule has 0 aromatic carbocycles. The van der Waals surface area contributed by atoms with Gasteiger partial charge < -0.3 is 5.32 Å². The van der Waals surface area contributed by atoms with Crippen molar-refractivity contribution in [1.29, 1.82) is 0 Å². The van der Waals surface area contributed by atoms with Crippen LogP contribution in [-0.2, 0) is 0 Å². The highest BCUT2D eigenvalue weighted by molar-refractivity contribution is 6.33. The van der Waals surface area contributed by atoms with Gasteiger partial charge in [-0.1, -0.05) is 24.9 Å². The van der Waals surface area contributed by atoms with Gasteiger partial charge in [-0.15, -0.1) is 0 Å². The fourth-order valence-electron chi connectivity index (χ4n) is 2.02. The van der Waals surface area contributed by atoms with Gasteiger partial charge in [-0.25, -0.2) is 0 Å². The minimum atomic E-state index is 0.557. The smallest absolute Gasteiger partial charge is 0.0820 e. The van der Waals surface area contributed by atoms with E-state index in [-0.39, 0.29) is 0 Å². The number of halogens is 1. The summed E-state index contributed by atoms with van der Waals surface area (Å²) in [6, 6.07) is 1.93. The second kappa shape index (κ2) is 4.40. The zero-order valence-electron chi connectivity index (χ0n) is 9.09. The number of hydrogen-bond acceptors (Lipinski definition) is 2. The van der Waals surface area contributed by atoms with Crippen LogP contribution in [0.5, 0.6) is 0 Å². The second-order valence-electron chi connectivity index (χ2n) is 4.46. The third-order valence-corrected chi connectivity index (χ3v) is 3.46. The van der Waals surface area contributed by atoms with Crippen LogP contribution in [-0.4, -0.2) is 11.5 Å². The lowest BCUT2D eigenvalue weighted by molar-refractivity contribution is 0.486. The minimum Gasteiger partial charge on any atom is -0.383 e. The van der Waals surface area contributed by atoms with Gasteiger partial charge in [0.15, 0.2) is 0 Å². The average Bonchev–Trinajstić information content (AvgIpc) is 2.98. The Balaban J connectivity index is 1.91. The third kappa shape index (κ3) is 2.63. The fraction of sp³-hybridized carbons (Fsp3) is 0.583. The Morgan fingerprint density at radius 3 is 2.93 bits per heavy atom. The van der Waals surface area contributed by atoms with Crippen molar-refractivity contribution in [2.45, 2.75) is 32.6 Å². The van der Waals surface area contributed by atoms with Crippen LogP contribution in [0.3, 0.4) is 0 Å². The number of hydrogen-bond donors (Lipinski definition) is 1. The molecule has 1 saturated carbocycles. The van der Waals surface area contributed by atoms with Crippen molar-refractivity contribution in [1.82, 2.24) is 4.98 Å². The SMILES string of the molecule is CCCC1(CNc2ccncc2Cl)CC1. The maximum Gasteiger partial charge on any atom is 0.0820 e. The maximum atomic E-state index is 6.03. The molecule has 0 bridgehead atoms. The number of anilines is 1. The molecule has 2 nitrogen and oxygen atoms in total. The average molecular weight is 225 g/mol. The summed E-state index contributed by atoms with van der Waals surface area (Å²) in [4.78, 5) is 3.97. The molecule has 2 rings (SSSR count). The molecule has 1 aromatic rings. The summed E-state index contributed by atoms with van der Waals surface area (Å²) in [5, 5.41) is 4.14. The molecule has 82 valence electrons. The summed E-state index contributed by atoms with van der Waals surface area (Å²) in [7, 11) is 0. The van der Waals surface area contributed by atoms with Crippen LogP contribution in [0.2, 0.25) is 5.02 Å². The first-order valence-electron chi connectivity index (χ1n) is 5.59. The summed E-state index contributed by atoms with van der Waals surface area (Å²) in [5.41, 5.74) is 1.57. The van der Waals surface area contributed by atoms with Crippen molar-refractivity contribution in [3.63, 3.8) is 0 Å². The Morgan fingerprint density at radius 1 is 1.53 bits per heavy atom. The molecule has 15 heavy (non-hydrogen) atoms. The zero-order chi connectivity index (χ0) is 10.7. The molecule has 1 aliphatic carbocycles. The van der Waals surface area contributed by atoms with Crippen LogP contribution in [0.15, 0.2) is 18.5 Å². The molecule has 1 aromatic heterocycles. The maximum absolute atomic E-state index is 6.03. The number of nitrogens with zero attached hydrogens (tertiary/aromatic N) is 1. The summed E-state index contributed by atoms with van der Waals surface area (Å²) in [6.07, 6.45) is 8.76. The lowest BCUT2D eigenvalue weighted by Gasteiger charge is -2.16. The van der Waals surface area contributed by atoms with E-state index in [1.54, 1.807) is 12.4 Å². The van der Waals surface area contributed by atoms with E-state index >= 15 is 0 Å². The van der Waals surface area contributed by atoms with Gasteiger partial charge in [0.25, 0.3) is 0 Å². The Bertz CT molecular complexity index is 334. The van der Waals surface area contributed by atoms with Crippen molar-refractivity contribution < 1.29 is 0 Å². The predicted molar refractivity (Wildman–Crippen MR) is 64.3 cm³/mol. The minimum absolute atomic E-state index is 0.557. The van der Waals surface area contributed by atoms with E-state index in [2.05, 4.69) is 17.2 Å². The predicted octanol–water partition coefficient (Wildman–Crippen LogP) is 3.73. The van der Waals surface area contributed by atoms with E-state index < -0.39 is 0 Å². The van der Waals surface area contributed by atoms with Gasteiger partial charge in [-0.3, -0.25) is 4.98 Å². The second-order valence-corrected chi connectivity index (χ2v) is 4.87. The molecule has 0 spiro atoms. The highest BCUT2D eigenvalue weighted by Crippen LogP contribution is 2.49. The van der Waals surface area contributed by atoms with Gasteiger partial charge in [-0.2, -0.15) is 0 Å². The van der Waals surface area contributed by atoms with Crippen LogP contribution in [0, 0.1) is 5.41 Å². The third-order valence-electron chi connectivity index (χ3n) is 3.16. The summed E-state index contributed by atoms with van der Waals surface area (Å²) >= 11 is 6.03. The van der Waals surface area contributed by atoms with Crippen molar-refractivity contribution in [2.75, 3.05) is 11.9 Å². The van der Waals surface area contributed by atoms with Crippen LogP contribution in [0.25, 0.3) is 0 Å². The van der Waals surface area contributed by atoms with Gasteiger partial charge in [0.05, 0.1) is 10.7 Å². The van der Waals surface area contributed by atoms with E-state index in [0.717, 1.165) is 12.2 Å². The Hall–Kier alpha value is -0.760. The molecule has 1 aliphatic rings. The molecular weight excluding hydrogens is 208 g/mol. The lowest BCUT2D eigenvalue weighted by atomic mass is 10.0. The first-order valence-corrected chi connectivity index (χ1v) is 5.97. The van der Waals surface area contributed by atoms with Crippen molar-refractivity contribution in [2.24, 2.45) is 5.41 Å². The highest BCUT2D eigenvalue weighted by Gasteiger charge is 2.41. The zero-order valence-corrected chi connectivity index (χ0v) is 9.85. The van der Waals surface area contributed by atoms with Gasteiger partial charge in [0.2, 0.25) is 0 Å². The number of pyridine rings is 1. The van der Waals surface area contributed by atoms with Crippen molar-refractivity contribution in [3.8, 4) is 0 Å². The van der Waals surface area contributed by atoms with Gasteiger partial charge in [0, 0.05) is 18.9 Å². The molecule has 1 heterocycles. The molecule has 0 amide bonds. The van der Waals surface area contributed by atoms with Crippen LogP contribution < -0.4 is 5.32 Å². The van der Waals surface area contributed by atoms with E-state index in [0.29, 0.717) is 10.4 Å². The largest absolute Gasteiger partial charge is 0.383 e. The van der Waals surface area contributed by atoms with Crippen molar-refractivity contribution >= 4 is 17.3 Å². The van der Waals surface area contributed by atoms with Gasteiger partial charge >= 0.3 is 0 Å². The van der Waals surface area contributed by atoms with E-state index in [4.69, 9.17) is 11.6 Å². The fourth-order valence-corrected chi connectivity index (χ4v) is 2.21. The van der Waals surface area contributed by atoms with Crippen molar-refractivity contribution in [3.05, 3.63) is 23.5 Å². The Morgan fingerprint density at radius 2 is 2.33 bits per heavy atom. The quantitative estimate of drug-likeness (QED) is 0.825. The Kier molecular flexibility index (Phi) is 3.15. The normalized spacial score (nSPS) is 17.5. The molecule has 3 heteroatoms. The standard InChI is InChI=1S/C12H17ClN2/c1-2-4-12(5-6-12)9-15-11-3-7-14-8-10(11)13/h3,7-8H,2,4-6,9H2,1H3,(H,14,15). The molecule has 0 aliphatic heterocycles. The van der Waals surface area contributed by atoms with E-state index in [1.807, 2.05) is 6.07 Å². The van der Waals surface area contributed by atoms with Gasteiger partial charge in [0.1, 0.15) is 0 Å². The summed E-state index contributed by atoms with van der Waals surface area (Å²) in [6.45, 7) is 3.30. The Labute approximate surface area is 96.1 Å². The molecule has 0 saturated heterocycles. The van der Waals surface area contributed by atoms with Crippen LogP contribution >= 0.6 is 11.6 Å². The first-order chi connectivity index (χ1) is 7.26. The molecule has 1 fully saturated rings. The molecule has 0 radical (unpaired) electrons. The highest BCUT2D eigenvalue weighted by atomic mass is 35.5.